The maximum Gasteiger partial charge on any atom is 0.243 e. The van der Waals surface area contributed by atoms with Crippen molar-refractivity contribution in [3.05, 3.63) is 54.3 Å². The van der Waals surface area contributed by atoms with Gasteiger partial charge in [0.1, 0.15) is 11.6 Å². The molecule has 2 rings (SSSR count). The van der Waals surface area contributed by atoms with Gasteiger partial charge in [0.15, 0.2) is 0 Å². The average molecular weight is 380 g/mol. The molecule has 0 spiro atoms. The summed E-state index contributed by atoms with van der Waals surface area (Å²) in [7, 11) is -2.43. The minimum Gasteiger partial charge on any atom is -0.495 e. The number of amides is 1. The van der Waals surface area contributed by atoms with Gasteiger partial charge < -0.3 is 10.1 Å². The van der Waals surface area contributed by atoms with Gasteiger partial charge in [-0.3, -0.25) is 4.79 Å². The maximum absolute atomic E-state index is 13.1. The highest BCUT2D eigenvalue weighted by atomic mass is 32.2. The fourth-order valence-corrected chi connectivity index (χ4v) is 3.88. The van der Waals surface area contributed by atoms with Crippen LogP contribution in [-0.2, 0) is 14.8 Å². The van der Waals surface area contributed by atoms with Gasteiger partial charge in [-0.15, -0.1) is 0 Å². The number of hydrogen-bond donors (Lipinski definition) is 1. The number of nitrogens with zero attached hydrogens (tertiary/aromatic N) is 1. The molecule has 0 bridgehead atoms. The molecule has 0 atom stereocenters. The Balaban J connectivity index is 2.19. The number of halogens is 1. The van der Waals surface area contributed by atoms with Gasteiger partial charge in [0, 0.05) is 6.54 Å². The molecular weight excluding hydrogens is 359 g/mol. The molecule has 0 aliphatic heterocycles. The van der Waals surface area contributed by atoms with Crippen LogP contribution in [0, 0.1) is 5.82 Å². The quantitative estimate of drug-likeness (QED) is 0.764. The van der Waals surface area contributed by atoms with E-state index in [1.54, 1.807) is 24.3 Å². The third-order valence-corrected chi connectivity index (χ3v) is 5.48. The molecule has 26 heavy (non-hydrogen) atoms. The molecule has 6 nitrogen and oxygen atoms in total. The van der Waals surface area contributed by atoms with Crippen LogP contribution in [-0.4, -0.2) is 38.8 Å². The second-order valence-corrected chi connectivity index (χ2v) is 7.48. The largest absolute Gasteiger partial charge is 0.495 e. The van der Waals surface area contributed by atoms with Crippen molar-refractivity contribution in [2.75, 3.05) is 25.5 Å². The zero-order chi connectivity index (χ0) is 19.2. The van der Waals surface area contributed by atoms with Gasteiger partial charge >= 0.3 is 0 Å². The molecule has 2 aromatic carbocycles. The predicted octanol–water partition coefficient (Wildman–Crippen LogP) is 2.87. The summed E-state index contributed by atoms with van der Waals surface area (Å²) in [6.07, 6.45) is 0.530. The van der Waals surface area contributed by atoms with E-state index in [2.05, 4.69) is 5.32 Å². The van der Waals surface area contributed by atoms with Crippen LogP contribution in [0.15, 0.2) is 53.4 Å². The van der Waals surface area contributed by atoms with Crippen LogP contribution >= 0.6 is 0 Å². The third kappa shape index (κ3) is 4.80. The van der Waals surface area contributed by atoms with Gasteiger partial charge in [0.05, 0.1) is 24.2 Å². The molecule has 0 aliphatic carbocycles. The number of anilines is 1. The molecule has 0 aliphatic rings. The minimum absolute atomic E-state index is 0.0579. The van der Waals surface area contributed by atoms with Crippen molar-refractivity contribution in [1.82, 2.24) is 4.31 Å². The van der Waals surface area contributed by atoms with Crippen molar-refractivity contribution in [2.45, 2.75) is 18.2 Å². The third-order valence-electron chi connectivity index (χ3n) is 3.63. The first-order valence-corrected chi connectivity index (χ1v) is 9.51. The van der Waals surface area contributed by atoms with Gasteiger partial charge in [-0.1, -0.05) is 19.1 Å². The van der Waals surface area contributed by atoms with Crippen molar-refractivity contribution in [1.29, 1.82) is 0 Å². The van der Waals surface area contributed by atoms with Crippen LogP contribution in [0.25, 0.3) is 0 Å². The van der Waals surface area contributed by atoms with Crippen molar-refractivity contribution in [3.8, 4) is 5.75 Å². The van der Waals surface area contributed by atoms with Crippen LogP contribution in [0.5, 0.6) is 5.75 Å². The normalized spacial score (nSPS) is 11.4. The topological polar surface area (TPSA) is 75.7 Å². The predicted molar refractivity (Wildman–Crippen MR) is 97.1 cm³/mol. The number of sulfonamides is 1. The van der Waals surface area contributed by atoms with E-state index in [0.717, 1.165) is 16.4 Å². The van der Waals surface area contributed by atoms with Gasteiger partial charge in [-0.25, -0.2) is 12.8 Å². The van der Waals surface area contributed by atoms with E-state index >= 15 is 0 Å². The van der Waals surface area contributed by atoms with Crippen molar-refractivity contribution in [2.24, 2.45) is 0 Å². The summed E-state index contributed by atoms with van der Waals surface area (Å²) in [5.74, 6) is -0.544. The molecule has 0 aromatic heterocycles. The number of methoxy groups -OCH3 is 1. The second kappa shape index (κ2) is 8.77. The SMILES string of the molecule is CCCN(CC(=O)Nc1ccccc1OC)S(=O)(=O)c1ccc(F)cc1. The summed E-state index contributed by atoms with van der Waals surface area (Å²) in [6.45, 7) is 1.62. The first-order chi connectivity index (χ1) is 12.4. The lowest BCUT2D eigenvalue weighted by atomic mass is 10.3. The highest BCUT2D eigenvalue weighted by Crippen LogP contribution is 2.23. The van der Waals surface area contributed by atoms with Crippen LogP contribution in [0.3, 0.4) is 0 Å². The monoisotopic (exact) mass is 380 g/mol. The fourth-order valence-electron chi connectivity index (χ4n) is 2.39. The Labute approximate surface area is 152 Å². The smallest absolute Gasteiger partial charge is 0.243 e. The highest BCUT2D eigenvalue weighted by molar-refractivity contribution is 7.89. The first kappa shape index (κ1) is 19.9. The fraction of sp³-hybridized carbons (Fsp3) is 0.278. The Bertz CT molecular complexity index is 854. The highest BCUT2D eigenvalue weighted by Gasteiger charge is 2.26. The molecule has 0 fully saturated rings. The van der Waals surface area contributed by atoms with Crippen molar-refractivity contribution < 1.29 is 22.3 Å². The maximum atomic E-state index is 13.1. The second-order valence-electron chi connectivity index (χ2n) is 5.54. The van der Waals surface area contributed by atoms with E-state index < -0.39 is 21.7 Å². The standard InChI is InChI=1S/C18H21FN2O4S/c1-3-12-21(26(23,24)15-10-8-14(19)9-11-15)13-18(22)20-16-6-4-5-7-17(16)25-2/h4-11H,3,12-13H2,1-2H3,(H,20,22). The number of para-hydroxylation sites is 2. The zero-order valence-corrected chi connectivity index (χ0v) is 15.4. The zero-order valence-electron chi connectivity index (χ0n) is 14.6. The van der Waals surface area contributed by atoms with Crippen molar-refractivity contribution >= 4 is 21.6 Å². The molecule has 0 saturated carbocycles. The molecule has 0 saturated heterocycles. The van der Waals surface area contributed by atoms with E-state index in [-0.39, 0.29) is 18.0 Å². The molecule has 2 aromatic rings. The average Bonchev–Trinajstić information content (AvgIpc) is 2.62. The van der Waals surface area contributed by atoms with Gasteiger partial charge in [-0.05, 0) is 42.8 Å². The molecule has 8 heteroatoms. The number of carbonyl (C=O) groups excluding carboxylic acids is 1. The Morgan fingerprint density at radius 3 is 2.42 bits per heavy atom. The molecule has 0 unspecified atom stereocenters. The number of hydrogen-bond acceptors (Lipinski definition) is 4. The lowest BCUT2D eigenvalue weighted by molar-refractivity contribution is -0.116. The number of ether oxygens (including phenoxy) is 1. The Morgan fingerprint density at radius 2 is 1.81 bits per heavy atom. The van der Waals surface area contributed by atoms with E-state index in [1.807, 2.05) is 6.92 Å². The Morgan fingerprint density at radius 1 is 1.15 bits per heavy atom. The van der Waals surface area contributed by atoms with Gasteiger partial charge in [0.25, 0.3) is 0 Å². The lowest BCUT2D eigenvalue weighted by Gasteiger charge is -2.21. The van der Waals surface area contributed by atoms with Gasteiger partial charge in [0.2, 0.25) is 15.9 Å². The van der Waals surface area contributed by atoms with Gasteiger partial charge in [-0.2, -0.15) is 4.31 Å². The van der Waals surface area contributed by atoms with Crippen molar-refractivity contribution in [3.63, 3.8) is 0 Å². The number of rotatable bonds is 8. The van der Waals surface area contributed by atoms with E-state index in [4.69, 9.17) is 4.74 Å². The molecule has 0 radical (unpaired) electrons. The number of nitrogens with one attached hydrogen (secondary N) is 1. The van der Waals surface area contributed by atoms with Crippen LogP contribution in [0.2, 0.25) is 0 Å². The summed E-state index contributed by atoms with van der Waals surface area (Å²) < 4.78 is 44.8. The van der Waals surface area contributed by atoms with Crippen LogP contribution in [0.1, 0.15) is 13.3 Å². The van der Waals surface area contributed by atoms with E-state index in [1.165, 1.54) is 19.2 Å². The minimum atomic E-state index is -3.91. The molecular formula is C18H21FN2O4S. The molecule has 1 amide bonds. The summed E-state index contributed by atoms with van der Waals surface area (Å²) in [4.78, 5) is 12.3. The molecule has 0 heterocycles. The summed E-state index contributed by atoms with van der Waals surface area (Å²) in [5, 5.41) is 2.65. The lowest BCUT2D eigenvalue weighted by Crippen LogP contribution is -2.38. The van der Waals surface area contributed by atoms with Crippen LogP contribution < -0.4 is 10.1 Å². The number of carbonyl (C=O) groups is 1. The summed E-state index contributed by atoms with van der Waals surface area (Å²) >= 11 is 0. The summed E-state index contributed by atoms with van der Waals surface area (Å²) in [6, 6.07) is 11.4. The van der Waals surface area contributed by atoms with E-state index in [0.29, 0.717) is 17.9 Å². The van der Waals surface area contributed by atoms with Crippen LogP contribution in [0.4, 0.5) is 10.1 Å². The summed E-state index contributed by atoms with van der Waals surface area (Å²) in [5.41, 5.74) is 0.454. The van der Waals surface area contributed by atoms with E-state index in [9.17, 15) is 17.6 Å². The Kier molecular flexibility index (Phi) is 6.70. The Hall–Kier alpha value is -2.45. The first-order valence-electron chi connectivity index (χ1n) is 8.07. The molecule has 140 valence electrons. The molecule has 1 N–H and O–H groups in total. The number of benzene rings is 2.